The van der Waals surface area contributed by atoms with Crippen molar-refractivity contribution in [2.45, 2.75) is 20.3 Å². The van der Waals surface area contributed by atoms with Crippen LogP contribution >= 0.6 is 23.6 Å². The Labute approximate surface area is 170 Å². The lowest BCUT2D eigenvalue weighted by molar-refractivity contribution is 0.627. The molecule has 142 valence electrons. The lowest BCUT2D eigenvalue weighted by Crippen LogP contribution is -2.01. The highest BCUT2D eigenvalue weighted by Gasteiger charge is 2.12. The van der Waals surface area contributed by atoms with Crippen molar-refractivity contribution in [1.29, 1.82) is 0 Å². The van der Waals surface area contributed by atoms with Gasteiger partial charge in [0.15, 0.2) is 11.0 Å². The molecule has 6 nitrogen and oxygen atoms in total. The number of hydrogen-bond acceptors (Lipinski definition) is 5. The zero-order valence-corrected chi connectivity index (χ0v) is 16.9. The molecule has 3 aromatic heterocycles. The quantitative estimate of drug-likeness (QED) is 0.390. The van der Waals surface area contributed by atoms with Gasteiger partial charge < -0.3 is 0 Å². The predicted molar refractivity (Wildman–Crippen MR) is 111 cm³/mol. The number of hydrogen-bond donors (Lipinski definition) is 1. The number of halogens is 1. The van der Waals surface area contributed by atoms with Crippen molar-refractivity contribution >= 4 is 29.8 Å². The van der Waals surface area contributed by atoms with E-state index in [1.807, 2.05) is 19.2 Å². The Morgan fingerprint density at radius 1 is 1.29 bits per heavy atom. The fourth-order valence-corrected chi connectivity index (χ4v) is 3.95. The smallest absolute Gasteiger partial charge is 0.216 e. The Balaban J connectivity index is 1.64. The minimum absolute atomic E-state index is 0.267. The van der Waals surface area contributed by atoms with Crippen LogP contribution in [-0.2, 0) is 6.42 Å². The molecule has 0 saturated carbocycles. The van der Waals surface area contributed by atoms with Crippen LogP contribution in [0.1, 0.15) is 28.3 Å². The van der Waals surface area contributed by atoms with Gasteiger partial charge in [0.2, 0.25) is 4.77 Å². The molecule has 0 aliphatic heterocycles. The van der Waals surface area contributed by atoms with Crippen LogP contribution in [0.2, 0.25) is 0 Å². The van der Waals surface area contributed by atoms with E-state index in [1.165, 1.54) is 12.1 Å². The summed E-state index contributed by atoms with van der Waals surface area (Å²) >= 11 is 6.90. The van der Waals surface area contributed by atoms with Gasteiger partial charge >= 0.3 is 0 Å². The van der Waals surface area contributed by atoms with Gasteiger partial charge in [-0.2, -0.15) is 14.9 Å². The van der Waals surface area contributed by atoms with Crippen molar-refractivity contribution in [1.82, 2.24) is 24.4 Å². The van der Waals surface area contributed by atoms with E-state index in [0.29, 0.717) is 17.0 Å². The van der Waals surface area contributed by atoms with E-state index < -0.39 is 0 Å². The van der Waals surface area contributed by atoms with E-state index in [0.717, 1.165) is 27.6 Å². The molecular weight excluding hydrogens is 395 g/mol. The summed E-state index contributed by atoms with van der Waals surface area (Å²) in [6, 6.07) is 8.37. The number of rotatable bonds is 5. The van der Waals surface area contributed by atoms with E-state index in [4.69, 9.17) is 12.2 Å². The normalized spacial score (nSPS) is 11.5. The SMILES string of the molecule is Cc1cc(/C=N\n2c(Cc3ccc(F)cc3)n[nH]c2=S)c(C)n1-c1nccs1. The number of aromatic amines is 1. The van der Waals surface area contributed by atoms with Crippen LogP contribution in [0.25, 0.3) is 5.13 Å². The number of H-pyrrole nitrogens is 1. The predicted octanol–water partition coefficient (Wildman–Crippen LogP) is 4.42. The zero-order valence-electron chi connectivity index (χ0n) is 15.3. The highest BCUT2D eigenvalue weighted by Crippen LogP contribution is 2.21. The largest absolute Gasteiger partial charge is 0.294 e. The Kier molecular flexibility index (Phi) is 5.01. The van der Waals surface area contributed by atoms with Gasteiger partial charge in [0, 0.05) is 34.9 Å². The van der Waals surface area contributed by atoms with Crippen molar-refractivity contribution in [2.75, 3.05) is 0 Å². The third-order valence-electron chi connectivity index (χ3n) is 4.39. The highest BCUT2D eigenvalue weighted by atomic mass is 32.1. The number of nitrogens with one attached hydrogen (secondary N) is 1. The summed E-state index contributed by atoms with van der Waals surface area (Å²) < 4.78 is 17.2. The number of aryl methyl sites for hydroxylation is 1. The summed E-state index contributed by atoms with van der Waals surface area (Å²) in [6.07, 6.45) is 4.05. The molecule has 28 heavy (non-hydrogen) atoms. The van der Waals surface area contributed by atoms with Crippen LogP contribution in [0.5, 0.6) is 0 Å². The first-order valence-electron chi connectivity index (χ1n) is 8.57. The van der Waals surface area contributed by atoms with E-state index in [2.05, 4.69) is 30.9 Å². The molecule has 4 rings (SSSR count). The second kappa shape index (κ2) is 7.61. The third kappa shape index (κ3) is 3.58. The maximum atomic E-state index is 13.1. The second-order valence-corrected chi connectivity index (χ2v) is 7.54. The Morgan fingerprint density at radius 2 is 2.07 bits per heavy atom. The maximum Gasteiger partial charge on any atom is 0.216 e. The van der Waals surface area contributed by atoms with Crippen LogP contribution in [0.15, 0.2) is 47.0 Å². The Bertz CT molecular complexity index is 1180. The average molecular weight is 413 g/mol. The molecule has 0 aliphatic carbocycles. The first kappa shape index (κ1) is 18.5. The van der Waals surface area contributed by atoms with Crippen LogP contribution in [0.4, 0.5) is 4.39 Å². The molecule has 3 heterocycles. The monoisotopic (exact) mass is 412 g/mol. The lowest BCUT2D eigenvalue weighted by Gasteiger charge is -2.04. The summed E-state index contributed by atoms with van der Waals surface area (Å²) in [4.78, 5) is 4.39. The highest BCUT2D eigenvalue weighted by molar-refractivity contribution is 7.71. The van der Waals surface area contributed by atoms with Crippen molar-refractivity contribution in [3.63, 3.8) is 0 Å². The van der Waals surface area contributed by atoms with Gasteiger partial charge in [-0.1, -0.05) is 12.1 Å². The fraction of sp³-hybridized carbons (Fsp3) is 0.158. The van der Waals surface area contributed by atoms with Crippen molar-refractivity contribution in [3.05, 3.63) is 80.8 Å². The van der Waals surface area contributed by atoms with Gasteiger partial charge in [0.25, 0.3) is 0 Å². The molecule has 0 atom stereocenters. The van der Waals surface area contributed by atoms with Crippen molar-refractivity contribution in [3.8, 4) is 5.13 Å². The Morgan fingerprint density at radius 3 is 2.79 bits per heavy atom. The molecule has 0 bridgehead atoms. The van der Waals surface area contributed by atoms with E-state index in [1.54, 1.807) is 40.6 Å². The number of benzene rings is 1. The van der Waals surface area contributed by atoms with Gasteiger partial charge in [-0.3, -0.25) is 9.67 Å². The average Bonchev–Trinajstić information content (AvgIpc) is 3.37. The molecular formula is C19H17FN6S2. The summed E-state index contributed by atoms with van der Waals surface area (Å²) in [5, 5.41) is 14.4. The van der Waals surface area contributed by atoms with Gasteiger partial charge in [0.1, 0.15) is 5.82 Å². The minimum atomic E-state index is -0.267. The number of aromatic nitrogens is 5. The third-order valence-corrected chi connectivity index (χ3v) is 5.41. The lowest BCUT2D eigenvalue weighted by atomic mass is 10.1. The van der Waals surface area contributed by atoms with E-state index >= 15 is 0 Å². The molecule has 9 heteroatoms. The van der Waals surface area contributed by atoms with E-state index in [-0.39, 0.29) is 5.82 Å². The standard InChI is InChI=1S/C19H17FN6S2/c1-12-9-15(13(2)25(12)19-21-7-8-28-19)11-22-26-17(23-24-18(26)27)10-14-3-5-16(20)6-4-14/h3-9,11H,10H2,1-2H3,(H,24,27)/b22-11-. The minimum Gasteiger partial charge on any atom is -0.294 e. The first-order chi connectivity index (χ1) is 13.5. The molecule has 0 saturated heterocycles. The molecule has 0 aliphatic rings. The Hall–Kier alpha value is -2.91. The molecule has 1 N–H and O–H groups in total. The van der Waals surface area contributed by atoms with Crippen molar-refractivity contribution in [2.24, 2.45) is 5.10 Å². The second-order valence-electron chi connectivity index (χ2n) is 6.28. The summed E-state index contributed by atoms with van der Waals surface area (Å²) in [7, 11) is 0. The summed E-state index contributed by atoms with van der Waals surface area (Å²) in [6.45, 7) is 4.07. The summed E-state index contributed by atoms with van der Waals surface area (Å²) in [5.74, 6) is 0.387. The van der Waals surface area contributed by atoms with Crippen LogP contribution < -0.4 is 0 Å². The molecule has 1 aromatic carbocycles. The van der Waals surface area contributed by atoms with Crippen LogP contribution in [0.3, 0.4) is 0 Å². The van der Waals surface area contributed by atoms with E-state index in [9.17, 15) is 4.39 Å². The van der Waals surface area contributed by atoms with Gasteiger partial charge in [-0.05, 0) is 49.8 Å². The molecule has 0 radical (unpaired) electrons. The molecule has 4 aromatic rings. The first-order valence-corrected chi connectivity index (χ1v) is 9.85. The number of thiazole rings is 1. The van der Waals surface area contributed by atoms with Gasteiger partial charge in [-0.25, -0.2) is 9.37 Å². The molecule has 0 spiro atoms. The zero-order chi connectivity index (χ0) is 19.7. The molecule has 0 amide bonds. The van der Waals surface area contributed by atoms with Crippen LogP contribution in [-0.4, -0.2) is 30.6 Å². The summed E-state index contributed by atoms with van der Waals surface area (Å²) in [5.41, 5.74) is 4.03. The van der Waals surface area contributed by atoms with Gasteiger partial charge in [0.05, 0.1) is 6.21 Å². The van der Waals surface area contributed by atoms with Gasteiger partial charge in [-0.15, -0.1) is 11.3 Å². The van der Waals surface area contributed by atoms with Crippen molar-refractivity contribution < 1.29 is 4.39 Å². The maximum absolute atomic E-state index is 13.1. The molecule has 0 unspecified atom stereocenters. The van der Waals surface area contributed by atoms with Crippen LogP contribution in [0, 0.1) is 24.4 Å². The topological polar surface area (TPSA) is 63.8 Å². The molecule has 0 fully saturated rings. The number of nitrogens with zero attached hydrogens (tertiary/aromatic N) is 5. The fourth-order valence-electron chi connectivity index (χ4n) is 3.00.